The van der Waals surface area contributed by atoms with Crippen LogP contribution in [0.4, 0.5) is 5.82 Å². The molecule has 0 saturated heterocycles. The molecule has 0 fully saturated rings. The van der Waals surface area contributed by atoms with E-state index in [1.807, 2.05) is 91.0 Å². The van der Waals surface area contributed by atoms with E-state index < -0.39 is 30.2 Å². The molecule has 42 heavy (non-hydrogen) atoms. The molecule has 0 aliphatic carbocycles. The maximum absolute atomic E-state index is 13.8. The van der Waals surface area contributed by atoms with E-state index in [4.69, 9.17) is 14.2 Å². The van der Waals surface area contributed by atoms with Crippen molar-refractivity contribution < 1.29 is 19.1 Å². The summed E-state index contributed by atoms with van der Waals surface area (Å²) in [5.41, 5.74) is -2.03. The summed E-state index contributed by atoms with van der Waals surface area (Å²) in [5.74, 6) is -1.81. The van der Waals surface area contributed by atoms with Crippen LogP contribution in [0, 0.1) is 0 Å². The highest BCUT2D eigenvalue weighted by molar-refractivity contribution is 7.87. The Labute approximate surface area is 243 Å². The second-order valence-electron chi connectivity index (χ2n) is 9.18. The molecule has 1 aromatic heterocycles. The summed E-state index contributed by atoms with van der Waals surface area (Å²) >= 11 is 0. The van der Waals surface area contributed by atoms with E-state index in [9.17, 15) is 19.2 Å². The minimum absolute atomic E-state index is 0.00740. The summed E-state index contributed by atoms with van der Waals surface area (Å²) < 4.78 is 17.8. The first-order valence-electron chi connectivity index (χ1n) is 13.4. The summed E-state index contributed by atoms with van der Waals surface area (Å²) in [6.45, 7) is 3.28. The van der Waals surface area contributed by atoms with Crippen molar-refractivity contribution in [2.45, 2.75) is 13.8 Å². The number of benzene rings is 3. The Morgan fingerprint density at radius 3 is 1.62 bits per heavy atom. The molecule has 0 atom stereocenters. The molecule has 0 aliphatic heterocycles. The van der Waals surface area contributed by atoms with Crippen molar-refractivity contribution >= 4 is 46.3 Å². The zero-order valence-corrected chi connectivity index (χ0v) is 24.8. The van der Waals surface area contributed by atoms with Crippen LogP contribution in [0.2, 0.25) is 0 Å². The van der Waals surface area contributed by atoms with E-state index >= 15 is 0 Å². The predicted octanol–water partition coefficient (Wildman–Crippen LogP) is 3.40. The average molecular weight is 586 g/mol. The smallest absolute Gasteiger partial charge is 0.339 e. The van der Waals surface area contributed by atoms with Gasteiger partial charge in [-0.1, -0.05) is 91.0 Å². The van der Waals surface area contributed by atoms with Crippen LogP contribution in [0.5, 0.6) is 0 Å². The van der Waals surface area contributed by atoms with Gasteiger partial charge in [0.25, 0.3) is 5.56 Å². The van der Waals surface area contributed by atoms with Gasteiger partial charge in [-0.3, -0.25) is 13.9 Å². The van der Waals surface area contributed by atoms with Crippen molar-refractivity contribution in [1.82, 2.24) is 9.13 Å². The van der Waals surface area contributed by atoms with Crippen molar-refractivity contribution in [3.05, 3.63) is 123 Å². The fraction of sp³-hybridized carbons (Fsp3) is 0.188. The van der Waals surface area contributed by atoms with E-state index in [2.05, 4.69) is 0 Å². The number of rotatable bonds is 9. The molecule has 0 saturated carbocycles. The molecule has 3 aromatic carbocycles. The number of ether oxygens (including phenoxy) is 2. The Morgan fingerprint density at radius 2 is 1.19 bits per heavy atom. The van der Waals surface area contributed by atoms with Crippen LogP contribution in [-0.2, 0) is 33.2 Å². The highest BCUT2D eigenvalue weighted by Gasteiger charge is 2.32. The fourth-order valence-corrected chi connectivity index (χ4v) is 8.19. The van der Waals surface area contributed by atoms with Crippen molar-refractivity contribution in [2.24, 2.45) is 18.8 Å². The quantitative estimate of drug-likeness (QED) is 0.169. The van der Waals surface area contributed by atoms with Crippen LogP contribution < -0.4 is 27.2 Å². The number of hydrogen-bond acceptors (Lipinski definition) is 7. The summed E-state index contributed by atoms with van der Waals surface area (Å²) in [6, 6.07) is 28.8. The summed E-state index contributed by atoms with van der Waals surface area (Å²) in [7, 11) is -0.211. The zero-order chi connectivity index (χ0) is 30.3. The number of aromatic nitrogens is 2. The highest BCUT2D eigenvalue weighted by Crippen LogP contribution is 2.49. The van der Waals surface area contributed by atoms with Crippen molar-refractivity contribution in [1.29, 1.82) is 0 Å². The van der Waals surface area contributed by atoms with Crippen LogP contribution >= 0.6 is 7.05 Å². The molecule has 0 amide bonds. The standard InChI is InChI=1S/C32H32N3O6P/c1-5-40-27(36)22-26(31(38)41-6-2)28-29(34(3)32(39)35(4)30(28)37)33-42(23-16-10-7-11-17-23,24-18-12-8-13-19-24)25-20-14-9-15-21-25/h7-22H,5-6H2,1-4H3/b26-22+. The van der Waals surface area contributed by atoms with Crippen LogP contribution in [-0.4, -0.2) is 34.3 Å². The Balaban J connectivity index is 2.29. The molecule has 0 unspecified atom stereocenters. The molecular weight excluding hydrogens is 553 g/mol. The van der Waals surface area contributed by atoms with Crippen LogP contribution in [0.25, 0.3) is 5.57 Å². The first-order valence-corrected chi connectivity index (χ1v) is 15.2. The van der Waals surface area contributed by atoms with Crippen molar-refractivity contribution in [3.63, 3.8) is 0 Å². The summed E-state index contributed by atoms with van der Waals surface area (Å²) in [6.07, 6.45) is 0.926. The van der Waals surface area contributed by atoms with Gasteiger partial charge in [0.2, 0.25) is 0 Å². The number of nitrogens with zero attached hydrogens (tertiary/aromatic N) is 3. The molecule has 10 heteroatoms. The minimum atomic E-state index is -2.99. The minimum Gasteiger partial charge on any atom is -0.463 e. The molecule has 0 radical (unpaired) electrons. The third kappa shape index (κ3) is 5.83. The van der Waals surface area contributed by atoms with Gasteiger partial charge in [-0.15, -0.1) is 0 Å². The van der Waals surface area contributed by atoms with Gasteiger partial charge < -0.3 is 9.47 Å². The molecular formula is C32H32N3O6P. The maximum atomic E-state index is 13.8. The number of hydrogen-bond donors (Lipinski definition) is 0. The Hall–Kier alpha value is -4.75. The second-order valence-corrected chi connectivity index (χ2v) is 12.2. The number of carbonyl (C=O) groups excluding carboxylic acids is 2. The Kier molecular flexibility index (Phi) is 9.55. The third-order valence-electron chi connectivity index (χ3n) is 6.58. The average Bonchev–Trinajstić information content (AvgIpc) is 3.02. The Morgan fingerprint density at radius 1 is 0.738 bits per heavy atom. The largest absolute Gasteiger partial charge is 0.463 e. The van der Waals surface area contributed by atoms with E-state index in [0.717, 1.165) is 26.6 Å². The molecule has 0 bridgehead atoms. The van der Waals surface area contributed by atoms with Gasteiger partial charge in [-0.05, 0) is 13.8 Å². The lowest BCUT2D eigenvalue weighted by atomic mass is 10.1. The maximum Gasteiger partial charge on any atom is 0.339 e. The lowest BCUT2D eigenvalue weighted by Gasteiger charge is -2.28. The monoisotopic (exact) mass is 585 g/mol. The number of esters is 2. The highest BCUT2D eigenvalue weighted by atomic mass is 31.2. The fourth-order valence-electron chi connectivity index (χ4n) is 4.62. The number of carbonyl (C=O) groups is 2. The van der Waals surface area contributed by atoms with Gasteiger partial charge in [-0.25, -0.2) is 19.1 Å². The molecule has 0 spiro atoms. The van der Waals surface area contributed by atoms with E-state index in [-0.39, 0.29) is 30.2 Å². The van der Waals surface area contributed by atoms with Gasteiger partial charge >= 0.3 is 17.6 Å². The normalized spacial score (nSPS) is 11.6. The molecule has 1 heterocycles. The predicted molar refractivity (Wildman–Crippen MR) is 165 cm³/mol. The lowest BCUT2D eigenvalue weighted by molar-refractivity contribution is -0.139. The summed E-state index contributed by atoms with van der Waals surface area (Å²) in [4.78, 5) is 53.1. The molecule has 0 N–H and O–H groups in total. The molecule has 0 aliphatic rings. The first-order chi connectivity index (χ1) is 20.3. The Bertz CT molecular complexity index is 1690. The first kappa shape index (κ1) is 30.2. The van der Waals surface area contributed by atoms with Crippen molar-refractivity contribution in [2.75, 3.05) is 13.2 Å². The van der Waals surface area contributed by atoms with E-state index in [1.54, 1.807) is 13.8 Å². The van der Waals surface area contributed by atoms with E-state index in [0.29, 0.717) is 0 Å². The second kappa shape index (κ2) is 13.3. The molecule has 4 rings (SSSR count). The molecule has 216 valence electrons. The zero-order valence-electron chi connectivity index (χ0n) is 23.9. The van der Waals surface area contributed by atoms with Gasteiger partial charge in [0.15, 0.2) is 0 Å². The lowest BCUT2D eigenvalue weighted by Crippen LogP contribution is -2.39. The van der Waals surface area contributed by atoms with E-state index in [1.165, 1.54) is 18.7 Å². The third-order valence-corrected chi connectivity index (χ3v) is 10.2. The summed E-state index contributed by atoms with van der Waals surface area (Å²) in [5, 5.41) is 2.57. The van der Waals surface area contributed by atoms with Gasteiger partial charge in [0, 0.05) is 36.1 Å². The van der Waals surface area contributed by atoms with Gasteiger partial charge in [0.1, 0.15) is 5.82 Å². The topological polar surface area (TPSA) is 109 Å². The van der Waals surface area contributed by atoms with Gasteiger partial charge in [0.05, 0.1) is 31.4 Å². The van der Waals surface area contributed by atoms with Crippen LogP contribution in [0.15, 0.2) is 111 Å². The SMILES string of the molecule is CCOC(=O)/C=C(/C(=O)OCC)c1c(N=P(c2ccccc2)(c2ccccc2)c2ccccc2)n(C)c(=O)n(C)c1=O. The van der Waals surface area contributed by atoms with Gasteiger partial charge in [-0.2, -0.15) is 0 Å². The van der Waals surface area contributed by atoms with Crippen LogP contribution in [0.3, 0.4) is 0 Å². The van der Waals surface area contributed by atoms with Crippen LogP contribution in [0.1, 0.15) is 19.4 Å². The van der Waals surface area contributed by atoms with Crippen molar-refractivity contribution in [3.8, 4) is 0 Å². The molecule has 4 aromatic rings. The molecule has 9 nitrogen and oxygen atoms in total.